The first-order valence-electron chi connectivity index (χ1n) is 8.85. The summed E-state index contributed by atoms with van der Waals surface area (Å²) >= 11 is 1.89. The van der Waals surface area contributed by atoms with Gasteiger partial charge in [0.2, 0.25) is 5.89 Å². The minimum atomic E-state index is -0.0494. The van der Waals surface area contributed by atoms with E-state index in [0.29, 0.717) is 30.6 Å². The molecule has 1 atom stereocenters. The molecule has 1 aliphatic rings. The van der Waals surface area contributed by atoms with Crippen LogP contribution >= 0.6 is 11.8 Å². The molecule has 0 aliphatic carbocycles. The van der Waals surface area contributed by atoms with Crippen molar-refractivity contribution in [1.82, 2.24) is 15.0 Å². The Balaban J connectivity index is 1.60. The predicted molar refractivity (Wildman–Crippen MR) is 96.8 cm³/mol. The molecule has 2 aromatic rings. The third-order valence-corrected chi connectivity index (χ3v) is 5.59. The number of unbranched alkanes of at least 4 members (excludes halogenated alkanes) is 1. The summed E-state index contributed by atoms with van der Waals surface area (Å²) < 4.78 is 11.0. The lowest BCUT2D eigenvalue weighted by Gasteiger charge is -2.13. The number of likely N-dealkylation sites (tertiary alicyclic amines) is 1. The number of furan rings is 1. The van der Waals surface area contributed by atoms with Crippen LogP contribution in [0.5, 0.6) is 0 Å². The van der Waals surface area contributed by atoms with E-state index in [9.17, 15) is 4.79 Å². The van der Waals surface area contributed by atoms with Gasteiger partial charge in [0.15, 0.2) is 11.6 Å². The molecule has 0 spiro atoms. The molecule has 0 saturated carbocycles. The summed E-state index contributed by atoms with van der Waals surface area (Å²) in [7, 11) is 0. The van der Waals surface area contributed by atoms with Gasteiger partial charge in [0, 0.05) is 24.4 Å². The van der Waals surface area contributed by atoms with Crippen LogP contribution in [0.2, 0.25) is 0 Å². The van der Waals surface area contributed by atoms with E-state index in [2.05, 4.69) is 17.1 Å². The number of amides is 1. The van der Waals surface area contributed by atoms with Gasteiger partial charge in [-0.1, -0.05) is 18.5 Å². The zero-order chi connectivity index (χ0) is 17.8. The number of thioether (sulfide) groups is 1. The number of aromatic nitrogens is 2. The van der Waals surface area contributed by atoms with Crippen molar-refractivity contribution >= 4 is 17.7 Å². The van der Waals surface area contributed by atoms with Crippen molar-refractivity contribution in [3.63, 3.8) is 0 Å². The Kier molecular flexibility index (Phi) is 5.83. The highest BCUT2D eigenvalue weighted by Gasteiger charge is 2.32. The lowest BCUT2D eigenvalue weighted by atomic mass is 10.1. The van der Waals surface area contributed by atoms with Crippen LogP contribution in [0.25, 0.3) is 0 Å². The van der Waals surface area contributed by atoms with Crippen LogP contribution in [0.15, 0.2) is 15.0 Å². The Bertz CT molecular complexity index is 725. The molecule has 0 radical (unpaired) electrons. The molecule has 1 aliphatic heterocycles. The summed E-state index contributed by atoms with van der Waals surface area (Å²) in [6.45, 7) is 7.21. The molecule has 3 heterocycles. The first kappa shape index (κ1) is 18.0. The maximum atomic E-state index is 12.7. The molecule has 0 N–H and O–H groups in total. The molecule has 136 valence electrons. The van der Waals surface area contributed by atoms with Gasteiger partial charge in [-0.15, -0.1) is 0 Å². The van der Waals surface area contributed by atoms with Crippen molar-refractivity contribution in [2.24, 2.45) is 0 Å². The van der Waals surface area contributed by atoms with Gasteiger partial charge >= 0.3 is 0 Å². The highest BCUT2D eigenvalue weighted by Crippen LogP contribution is 2.28. The van der Waals surface area contributed by atoms with Crippen LogP contribution in [0, 0.1) is 13.8 Å². The molecule has 0 bridgehead atoms. The first-order valence-corrected chi connectivity index (χ1v) is 10.0. The molecule has 6 nitrogen and oxygen atoms in total. The molecule has 7 heteroatoms. The molecule has 1 saturated heterocycles. The smallest absolute Gasteiger partial charge is 0.289 e. The van der Waals surface area contributed by atoms with Crippen LogP contribution in [0.3, 0.4) is 0 Å². The summed E-state index contributed by atoms with van der Waals surface area (Å²) in [5.74, 6) is 4.63. The highest BCUT2D eigenvalue weighted by atomic mass is 32.2. The largest absolute Gasteiger partial charge is 0.456 e. The van der Waals surface area contributed by atoms with Crippen LogP contribution in [0.1, 0.15) is 65.7 Å². The van der Waals surface area contributed by atoms with E-state index >= 15 is 0 Å². The number of hydrogen-bond donors (Lipinski definition) is 0. The summed E-state index contributed by atoms with van der Waals surface area (Å²) in [6, 6.07) is 1.90. The average Bonchev–Trinajstić information content (AvgIpc) is 3.31. The quantitative estimate of drug-likeness (QED) is 0.694. The SMILES string of the molecule is CCCCSCc1cc(C(=O)N2CC[C@H](c3nc(C)no3)C2)oc1C. The minimum absolute atomic E-state index is 0.0494. The average molecular weight is 363 g/mol. The lowest BCUT2D eigenvalue weighted by Crippen LogP contribution is -2.28. The van der Waals surface area contributed by atoms with Crippen LogP contribution in [0.4, 0.5) is 0 Å². The maximum Gasteiger partial charge on any atom is 0.289 e. The summed E-state index contributed by atoms with van der Waals surface area (Å²) in [5, 5.41) is 3.84. The molecule has 2 aromatic heterocycles. The summed E-state index contributed by atoms with van der Waals surface area (Å²) in [4.78, 5) is 18.8. The normalized spacial score (nSPS) is 17.4. The Hall–Kier alpha value is -1.76. The number of nitrogens with zero attached hydrogens (tertiary/aromatic N) is 3. The second kappa shape index (κ2) is 8.08. The fourth-order valence-corrected chi connectivity index (χ4v) is 4.12. The Morgan fingerprint density at radius 2 is 2.28 bits per heavy atom. The third kappa shape index (κ3) is 4.26. The third-order valence-electron chi connectivity index (χ3n) is 4.50. The van der Waals surface area contributed by atoms with E-state index in [1.807, 2.05) is 29.7 Å². The zero-order valence-corrected chi connectivity index (χ0v) is 15.9. The second-order valence-electron chi connectivity index (χ2n) is 6.51. The number of aryl methyl sites for hydroxylation is 2. The van der Waals surface area contributed by atoms with Crippen LogP contribution in [-0.2, 0) is 5.75 Å². The van der Waals surface area contributed by atoms with Crippen molar-refractivity contribution in [2.75, 3.05) is 18.8 Å². The van der Waals surface area contributed by atoms with E-state index < -0.39 is 0 Å². The molecular weight excluding hydrogens is 338 g/mol. The van der Waals surface area contributed by atoms with E-state index in [1.54, 1.807) is 6.92 Å². The molecular formula is C18H25N3O3S. The van der Waals surface area contributed by atoms with Gasteiger partial charge in [-0.3, -0.25) is 4.79 Å². The minimum Gasteiger partial charge on any atom is -0.456 e. The molecule has 3 rings (SSSR count). The topological polar surface area (TPSA) is 72.4 Å². The lowest BCUT2D eigenvalue weighted by molar-refractivity contribution is 0.0756. The van der Waals surface area contributed by atoms with E-state index in [0.717, 1.165) is 29.3 Å². The zero-order valence-electron chi connectivity index (χ0n) is 15.1. The van der Waals surface area contributed by atoms with Crippen LogP contribution < -0.4 is 0 Å². The van der Waals surface area contributed by atoms with Gasteiger partial charge in [-0.25, -0.2) is 0 Å². The van der Waals surface area contributed by atoms with Crippen molar-refractivity contribution in [3.05, 3.63) is 34.9 Å². The van der Waals surface area contributed by atoms with Crippen molar-refractivity contribution in [2.45, 2.75) is 51.7 Å². The Labute approximate surface area is 152 Å². The predicted octanol–water partition coefficient (Wildman–Crippen LogP) is 3.94. The summed E-state index contributed by atoms with van der Waals surface area (Å²) in [6.07, 6.45) is 3.27. The molecule has 0 aromatic carbocycles. The standard InChI is InChI=1S/C18H25N3O3S/c1-4-5-8-25-11-15-9-16(23-12(15)2)18(22)21-7-6-14(10-21)17-19-13(3)20-24-17/h9,14H,4-8,10-11H2,1-3H3/t14-/m0/s1. The Morgan fingerprint density at radius 3 is 3.00 bits per heavy atom. The maximum absolute atomic E-state index is 12.7. The van der Waals surface area contributed by atoms with Crippen molar-refractivity contribution in [1.29, 1.82) is 0 Å². The Morgan fingerprint density at radius 1 is 1.44 bits per heavy atom. The van der Waals surface area contributed by atoms with Gasteiger partial charge < -0.3 is 13.8 Å². The number of hydrogen-bond acceptors (Lipinski definition) is 6. The number of carbonyl (C=O) groups is 1. The monoisotopic (exact) mass is 363 g/mol. The summed E-state index contributed by atoms with van der Waals surface area (Å²) in [5.41, 5.74) is 1.12. The first-order chi connectivity index (χ1) is 12.1. The van der Waals surface area contributed by atoms with Gasteiger partial charge in [0.05, 0.1) is 5.92 Å². The van der Waals surface area contributed by atoms with E-state index in [-0.39, 0.29) is 11.8 Å². The molecule has 1 amide bonds. The second-order valence-corrected chi connectivity index (χ2v) is 7.62. The molecule has 1 fully saturated rings. The van der Waals surface area contributed by atoms with E-state index in [1.165, 1.54) is 12.8 Å². The van der Waals surface area contributed by atoms with Gasteiger partial charge in [0.1, 0.15) is 5.76 Å². The van der Waals surface area contributed by atoms with Crippen LogP contribution in [-0.4, -0.2) is 39.8 Å². The number of carbonyl (C=O) groups excluding carboxylic acids is 1. The van der Waals surface area contributed by atoms with Crippen molar-refractivity contribution in [3.8, 4) is 0 Å². The van der Waals surface area contributed by atoms with Crippen molar-refractivity contribution < 1.29 is 13.7 Å². The van der Waals surface area contributed by atoms with Gasteiger partial charge in [-0.05, 0) is 38.5 Å². The molecule has 25 heavy (non-hydrogen) atoms. The van der Waals surface area contributed by atoms with Gasteiger partial charge in [0.25, 0.3) is 5.91 Å². The highest BCUT2D eigenvalue weighted by molar-refractivity contribution is 7.98. The molecule has 0 unspecified atom stereocenters. The van der Waals surface area contributed by atoms with Gasteiger partial charge in [-0.2, -0.15) is 16.7 Å². The van der Waals surface area contributed by atoms with E-state index in [4.69, 9.17) is 8.94 Å². The fourth-order valence-electron chi connectivity index (χ4n) is 2.98. The fraction of sp³-hybridized carbons (Fsp3) is 0.611. The number of rotatable bonds is 7.